The summed E-state index contributed by atoms with van der Waals surface area (Å²) in [6, 6.07) is 9.17. The number of anilines is 1. The van der Waals surface area contributed by atoms with E-state index >= 15 is 0 Å². The van der Waals surface area contributed by atoms with Crippen LogP contribution in [0.25, 0.3) is 0 Å². The Bertz CT molecular complexity index is 638. The van der Waals surface area contributed by atoms with Crippen LogP contribution in [0.1, 0.15) is 21.5 Å². The van der Waals surface area contributed by atoms with Gasteiger partial charge in [0.1, 0.15) is 12.4 Å². The second-order valence-corrected chi connectivity index (χ2v) is 4.86. The molecule has 3 nitrogen and oxygen atoms in total. The number of rotatable bonds is 3. The Morgan fingerprint density at radius 1 is 1.30 bits per heavy atom. The molecule has 2 N–H and O–H groups in total. The van der Waals surface area contributed by atoms with Crippen LogP contribution in [0.2, 0.25) is 5.02 Å². The average Bonchev–Trinajstić information content (AvgIpc) is 2.38. The summed E-state index contributed by atoms with van der Waals surface area (Å²) in [5.41, 5.74) is 8.05. The summed E-state index contributed by atoms with van der Waals surface area (Å²) in [5, 5.41) is -0.00153. The summed E-state index contributed by atoms with van der Waals surface area (Å²) in [6.07, 6.45) is 0. The molecule has 2 aromatic rings. The Balaban J connectivity index is 2.06. The fourth-order valence-electron chi connectivity index (χ4n) is 1.79. The van der Waals surface area contributed by atoms with Gasteiger partial charge in [0.2, 0.25) is 0 Å². The second kappa shape index (κ2) is 5.92. The summed E-state index contributed by atoms with van der Waals surface area (Å²) in [6.45, 7) is 1.86. The number of nitrogens with two attached hydrogens (primary N) is 1. The van der Waals surface area contributed by atoms with Crippen LogP contribution in [0, 0.1) is 12.7 Å². The molecule has 104 valence electrons. The first-order chi connectivity index (χ1) is 9.45. The molecule has 0 atom stereocenters. The average molecular weight is 294 g/mol. The second-order valence-electron chi connectivity index (χ2n) is 4.46. The number of esters is 1. The Hall–Kier alpha value is -2.07. The molecule has 0 heterocycles. The van der Waals surface area contributed by atoms with Crippen molar-refractivity contribution < 1.29 is 13.9 Å². The molecule has 0 fully saturated rings. The lowest BCUT2D eigenvalue weighted by molar-refractivity contribution is 0.0472. The highest BCUT2D eigenvalue weighted by Crippen LogP contribution is 2.17. The first kappa shape index (κ1) is 14.3. The zero-order valence-corrected chi connectivity index (χ0v) is 11.6. The summed E-state index contributed by atoms with van der Waals surface area (Å²) < 4.78 is 18.1. The van der Waals surface area contributed by atoms with E-state index in [0.29, 0.717) is 16.8 Å². The number of hydrogen-bond donors (Lipinski definition) is 1. The van der Waals surface area contributed by atoms with E-state index in [9.17, 15) is 9.18 Å². The number of aryl methyl sites for hydroxylation is 1. The van der Waals surface area contributed by atoms with Crippen molar-refractivity contribution in [3.63, 3.8) is 0 Å². The molecule has 0 unspecified atom stereocenters. The molecule has 5 heteroatoms. The molecule has 0 aliphatic rings. The van der Waals surface area contributed by atoms with E-state index in [1.165, 1.54) is 18.2 Å². The number of carbonyl (C=O) groups excluding carboxylic acids is 1. The molecule has 0 radical (unpaired) electrons. The van der Waals surface area contributed by atoms with Crippen molar-refractivity contribution in [2.45, 2.75) is 13.5 Å². The van der Waals surface area contributed by atoms with E-state index in [2.05, 4.69) is 0 Å². The van der Waals surface area contributed by atoms with E-state index in [1.807, 2.05) is 6.92 Å². The summed E-state index contributed by atoms with van der Waals surface area (Å²) in [4.78, 5) is 11.9. The van der Waals surface area contributed by atoms with Crippen molar-refractivity contribution in [3.8, 4) is 0 Å². The predicted octanol–water partition coefficient (Wildman–Crippen LogP) is 3.73. The van der Waals surface area contributed by atoms with Gasteiger partial charge in [-0.05, 0) is 48.4 Å². The van der Waals surface area contributed by atoms with Gasteiger partial charge in [0.25, 0.3) is 0 Å². The Morgan fingerprint density at radius 3 is 2.70 bits per heavy atom. The predicted molar refractivity (Wildman–Crippen MR) is 76.1 cm³/mol. The number of hydrogen-bond acceptors (Lipinski definition) is 3. The third-order valence-corrected chi connectivity index (χ3v) is 2.98. The van der Waals surface area contributed by atoms with E-state index in [-0.39, 0.29) is 11.6 Å². The quantitative estimate of drug-likeness (QED) is 0.693. The molecule has 2 rings (SSSR count). The highest BCUT2D eigenvalue weighted by atomic mass is 35.5. The molecular weight excluding hydrogens is 281 g/mol. The number of carbonyl (C=O) groups is 1. The third-order valence-electron chi connectivity index (χ3n) is 2.69. The largest absolute Gasteiger partial charge is 0.457 e. The third kappa shape index (κ3) is 3.48. The minimum absolute atomic E-state index is 0.00153. The maximum Gasteiger partial charge on any atom is 0.338 e. The first-order valence-corrected chi connectivity index (χ1v) is 6.32. The van der Waals surface area contributed by atoms with Gasteiger partial charge in [-0.15, -0.1) is 0 Å². The lowest BCUT2D eigenvalue weighted by Gasteiger charge is -2.07. The molecule has 0 aliphatic carbocycles. The van der Waals surface area contributed by atoms with Gasteiger partial charge in [-0.25, -0.2) is 9.18 Å². The lowest BCUT2D eigenvalue weighted by atomic mass is 10.1. The van der Waals surface area contributed by atoms with Crippen LogP contribution in [0.15, 0.2) is 36.4 Å². The Labute approximate surface area is 121 Å². The van der Waals surface area contributed by atoms with Crippen molar-refractivity contribution >= 4 is 23.3 Å². The van der Waals surface area contributed by atoms with Gasteiger partial charge in [-0.2, -0.15) is 0 Å². The Kier molecular flexibility index (Phi) is 4.25. The molecule has 0 aliphatic heterocycles. The van der Waals surface area contributed by atoms with E-state index in [4.69, 9.17) is 22.1 Å². The van der Waals surface area contributed by atoms with Gasteiger partial charge in [-0.3, -0.25) is 0 Å². The monoisotopic (exact) mass is 293 g/mol. The van der Waals surface area contributed by atoms with E-state index in [1.54, 1.807) is 18.2 Å². The molecule has 20 heavy (non-hydrogen) atoms. The van der Waals surface area contributed by atoms with Crippen molar-refractivity contribution in [1.82, 2.24) is 0 Å². The van der Waals surface area contributed by atoms with Crippen LogP contribution in [0.4, 0.5) is 10.1 Å². The molecule has 0 saturated carbocycles. The first-order valence-electron chi connectivity index (χ1n) is 5.94. The van der Waals surface area contributed by atoms with Crippen molar-refractivity contribution in [3.05, 3.63) is 63.9 Å². The number of benzene rings is 2. The highest BCUT2D eigenvalue weighted by Gasteiger charge is 2.09. The summed E-state index contributed by atoms with van der Waals surface area (Å²) in [7, 11) is 0. The molecule has 0 aromatic heterocycles. The van der Waals surface area contributed by atoms with E-state index in [0.717, 1.165) is 5.56 Å². The van der Waals surface area contributed by atoms with Gasteiger partial charge in [0, 0.05) is 5.69 Å². The summed E-state index contributed by atoms with van der Waals surface area (Å²) >= 11 is 5.66. The standard InChI is InChI=1S/C15H13ClFNO2/c1-9-4-11(7-12(18)5-9)15(19)20-8-10-2-3-14(17)13(16)6-10/h2-7H,8,18H2,1H3. The van der Waals surface area contributed by atoms with E-state index < -0.39 is 11.8 Å². The van der Waals surface area contributed by atoms with Gasteiger partial charge in [0.15, 0.2) is 0 Å². The molecule has 0 saturated heterocycles. The van der Waals surface area contributed by atoms with Crippen LogP contribution in [0.3, 0.4) is 0 Å². The maximum absolute atomic E-state index is 13.0. The smallest absolute Gasteiger partial charge is 0.338 e. The molecular formula is C15H13ClFNO2. The molecule has 0 bridgehead atoms. The van der Waals surface area contributed by atoms with Crippen LogP contribution >= 0.6 is 11.6 Å². The number of ether oxygens (including phenoxy) is 1. The van der Waals surface area contributed by atoms with Crippen LogP contribution < -0.4 is 5.73 Å². The maximum atomic E-state index is 13.0. The fourth-order valence-corrected chi connectivity index (χ4v) is 2.00. The van der Waals surface area contributed by atoms with Gasteiger partial charge < -0.3 is 10.5 Å². The number of halogens is 2. The molecule has 0 spiro atoms. The minimum atomic E-state index is -0.506. The van der Waals surface area contributed by atoms with Crippen LogP contribution in [0.5, 0.6) is 0 Å². The van der Waals surface area contributed by atoms with Crippen molar-refractivity contribution in [2.24, 2.45) is 0 Å². The SMILES string of the molecule is Cc1cc(N)cc(C(=O)OCc2ccc(F)c(Cl)c2)c1. The van der Waals surface area contributed by atoms with Gasteiger partial charge in [-0.1, -0.05) is 17.7 Å². The topological polar surface area (TPSA) is 52.3 Å². The van der Waals surface area contributed by atoms with Crippen LogP contribution in [-0.2, 0) is 11.3 Å². The summed E-state index contributed by atoms with van der Waals surface area (Å²) in [5.74, 6) is -0.992. The highest BCUT2D eigenvalue weighted by molar-refractivity contribution is 6.30. The fraction of sp³-hybridized carbons (Fsp3) is 0.133. The van der Waals surface area contributed by atoms with Crippen molar-refractivity contribution in [2.75, 3.05) is 5.73 Å². The van der Waals surface area contributed by atoms with Crippen molar-refractivity contribution in [1.29, 1.82) is 0 Å². The zero-order valence-electron chi connectivity index (χ0n) is 10.8. The normalized spacial score (nSPS) is 10.3. The number of nitrogen functional groups attached to an aromatic ring is 1. The zero-order chi connectivity index (χ0) is 14.7. The lowest BCUT2D eigenvalue weighted by Crippen LogP contribution is -2.06. The minimum Gasteiger partial charge on any atom is -0.457 e. The molecule has 0 amide bonds. The van der Waals surface area contributed by atoms with Gasteiger partial charge >= 0.3 is 5.97 Å². The van der Waals surface area contributed by atoms with Gasteiger partial charge in [0.05, 0.1) is 10.6 Å². The Morgan fingerprint density at radius 2 is 2.05 bits per heavy atom. The molecule has 2 aromatic carbocycles. The van der Waals surface area contributed by atoms with Crippen LogP contribution in [-0.4, -0.2) is 5.97 Å².